The molecule has 88 valence electrons. The third-order valence-electron chi connectivity index (χ3n) is 4.09. The molecule has 1 saturated carbocycles. The predicted octanol–water partition coefficient (Wildman–Crippen LogP) is 1.62. The molecule has 1 N–H and O–H groups in total. The lowest BCUT2D eigenvalue weighted by atomic mass is 9.69. The van der Waals surface area contributed by atoms with Gasteiger partial charge >= 0.3 is 0 Å². The molecule has 1 spiro atoms. The Morgan fingerprint density at radius 2 is 2.44 bits per heavy atom. The van der Waals surface area contributed by atoms with E-state index in [0.717, 1.165) is 37.3 Å². The number of amidine groups is 1. The molecule has 3 aliphatic rings. The highest BCUT2D eigenvalue weighted by atomic mass is 32.2. The molecule has 0 aromatic carbocycles. The van der Waals surface area contributed by atoms with Gasteiger partial charge in [-0.2, -0.15) is 11.8 Å². The first-order chi connectivity index (χ1) is 7.71. The largest absolute Gasteiger partial charge is 0.367 e. The summed E-state index contributed by atoms with van der Waals surface area (Å²) in [5.74, 6) is 3.89. The fourth-order valence-corrected chi connectivity index (χ4v) is 4.89. The highest BCUT2D eigenvalue weighted by molar-refractivity contribution is 7.99. The van der Waals surface area contributed by atoms with Crippen LogP contribution in [0.15, 0.2) is 4.99 Å². The lowest BCUT2D eigenvalue weighted by Gasteiger charge is -2.46. The first kappa shape index (κ1) is 10.6. The Balaban J connectivity index is 1.99. The van der Waals surface area contributed by atoms with Gasteiger partial charge in [0.2, 0.25) is 0 Å². The van der Waals surface area contributed by atoms with E-state index in [9.17, 15) is 4.79 Å². The molecular weight excluding hydrogens is 220 g/mol. The van der Waals surface area contributed by atoms with Crippen LogP contribution >= 0.6 is 11.8 Å². The summed E-state index contributed by atoms with van der Waals surface area (Å²) < 4.78 is 0. The molecule has 3 atom stereocenters. The predicted molar refractivity (Wildman–Crippen MR) is 67.1 cm³/mol. The summed E-state index contributed by atoms with van der Waals surface area (Å²) in [6, 6.07) is 0.265. The van der Waals surface area contributed by atoms with E-state index in [1.165, 1.54) is 5.75 Å². The zero-order valence-corrected chi connectivity index (χ0v) is 10.5. The number of thioether (sulfide) groups is 1. The van der Waals surface area contributed by atoms with Crippen molar-refractivity contribution in [3.05, 3.63) is 0 Å². The number of nitrogens with one attached hydrogen (secondary N) is 1. The van der Waals surface area contributed by atoms with Crippen molar-refractivity contribution in [1.82, 2.24) is 5.32 Å². The zero-order valence-electron chi connectivity index (χ0n) is 9.66. The number of aliphatic imine (C=N–C) groups is 1. The van der Waals surface area contributed by atoms with E-state index in [4.69, 9.17) is 0 Å². The van der Waals surface area contributed by atoms with E-state index in [1.807, 2.05) is 18.7 Å². The molecule has 1 aliphatic carbocycles. The number of rotatable bonds is 0. The van der Waals surface area contributed by atoms with Crippen molar-refractivity contribution in [2.45, 2.75) is 44.2 Å². The first-order valence-corrected chi connectivity index (χ1v) is 7.30. The number of hydrogen-bond acceptors (Lipinski definition) is 4. The number of ketones is 1. The van der Waals surface area contributed by atoms with Gasteiger partial charge in [0.1, 0.15) is 5.78 Å². The molecule has 2 aliphatic heterocycles. The maximum atomic E-state index is 12.2. The summed E-state index contributed by atoms with van der Waals surface area (Å²) in [6.07, 6.45) is 4.02. The third kappa shape index (κ3) is 1.50. The highest BCUT2D eigenvalue weighted by Crippen LogP contribution is 2.42. The lowest BCUT2D eigenvalue weighted by molar-refractivity contribution is -0.128. The van der Waals surface area contributed by atoms with Gasteiger partial charge in [-0.25, -0.2) is 0 Å². The molecule has 0 aromatic rings. The van der Waals surface area contributed by atoms with Crippen LogP contribution < -0.4 is 5.32 Å². The smallest absolute Gasteiger partial charge is 0.140 e. The van der Waals surface area contributed by atoms with Crippen molar-refractivity contribution in [2.75, 3.05) is 11.5 Å². The van der Waals surface area contributed by atoms with Gasteiger partial charge in [-0.15, -0.1) is 0 Å². The number of fused-ring (bicyclic) bond motifs is 2. The maximum absolute atomic E-state index is 12.2. The summed E-state index contributed by atoms with van der Waals surface area (Å²) in [6.45, 7) is 2.04. The molecule has 2 heterocycles. The number of carbonyl (C=O) groups excluding carboxylic acids is 1. The fourth-order valence-electron chi connectivity index (χ4n) is 3.48. The Labute approximate surface area is 100 Å². The van der Waals surface area contributed by atoms with Crippen molar-refractivity contribution < 1.29 is 4.79 Å². The molecule has 0 aromatic heterocycles. The van der Waals surface area contributed by atoms with Gasteiger partial charge in [-0.05, 0) is 31.9 Å². The summed E-state index contributed by atoms with van der Waals surface area (Å²) in [5.41, 5.74) is 0.0403. The molecular formula is C12H18N2OS. The van der Waals surface area contributed by atoms with E-state index >= 15 is 0 Å². The average Bonchev–Trinajstić information content (AvgIpc) is 2.66. The molecule has 0 bridgehead atoms. The van der Waals surface area contributed by atoms with Crippen molar-refractivity contribution in [2.24, 2.45) is 10.9 Å². The molecule has 4 heteroatoms. The van der Waals surface area contributed by atoms with Gasteiger partial charge in [-0.1, -0.05) is 0 Å². The van der Waals surface area contributed by atoms with Gasteiger partial charge in [0.25, 0.3) is 0 Å². The molecule has 1 saturated heterocycles. The Morgan fingerprint density at radius 3 is 3.19 bits per heavy atom. The second-order valence-electron chi connectivity index (χ2n) is 5.20. The van der Waals surface area contributed by atoms with Crippen molar-refractivity contribution in [1.29, 1.82) is 0 Å². The number of Topliss-reactive ketones (excluding diaryl/α,β-unsaturated/α-hetero) is 1. The van der Waals surface area contributed by atoms with Crippen LogP contribution in [0.2, 0.25) is 0 Å². The van der Waals surface area contributed by atoms with Crippen LogP contribution in [0.5, 0.6) is 0 Å². The summed E-state index contributed by atoms with van der Waals surface area (Å²) in [4.78, 5) is 16.8. The number of nitrogens with zero attached hydrogens (tertiary/aromatic N) is 1. The summed E-state index contributed by atoms with van der Waals surface area (Å²) >= 11 is 1.97. The molecule has 3 nitrogen and oxygen atoms in total. The Morgan fingerprint density at radius 1 is 1.56 bits per heavy atom. The normalized spacial score (nSPS) is 42.8. The third-order valence-corrected chi connectivity index (χ3v) is 5.30. The minimum absolute atomic E-state index is 0.0403. The zero-order chi connectivity index (χ0) is 11.2. The van der Waals surface area contributed by atoms with Crippen LogP contribution in [0.25, 0.3) is 0 Å². The van der Waals surface area contributed by atoms with E-state index in [-0.39, 0.29) is 17.5 Å². The quantitative estimate of drug-likeness (QED) is 0.697. The van der Waals surface area contributed by atoms with Crippen molar-refractivity contribution in [3.63, 3.8) is 0 Å². The summed E-state index contributed by atoms with van der Waals surface area (Å²) in [5, 5.41) is 3.53. The molecule has 0 radical (unpaired) electrons. The van der Waals surface area contributed by atoms with Crippen LogP contribution in [0.3, 0.4) is 0 Å². The standard InChI is InChI=1S/C12H18N2OS/c1-8-13-9-3-2-4-10(15)11(9)12(14-8)5-6-16-7-12/h9,11H,2-7H2,1H3,(H,13,14). The topological polar surface area (TPSA) is 41.5 Å². The summed E-state index contributed by atoms with van der Waals surface area (Å²) in [7, 11) is 0. The molecule has 3 unspecified atom stereocenters. The van der Waals surface area contributed by atoms with Crippen molar-refractivity contribution >= 4 is 23.4 Å². The highest BCUT2D eigenvalue weighted by Gasteiger charge is 2.52. The van der Waals surface area contributed by atoms with E-state index < -0.39 is 0 Å². The van der Waals surface area contributed by atoms with Gasteiger partial charge in [0.05, 0.1) is 23.3 Å². The first-order valence-electron chi connectivity index (χ1n) is 6.14. The monoisotopic (exact) mass is 238 g/mol. The van der Waals surface area contributed by atoms with Crippen LogP contribution in [0.1, 0.15) is 32.6 Å². The average molecular weight is 238 g/mol. The van der Waals surface area contributed by atoms with E-state index in [2.05, 4.69) is 10.3 Å². The van der Waals surface area contributed by atoms with Gasteiger partial charge < -0.3 is 5.32 Å². The van der Waals surface area contributed by atoms with Gasteiger partial charge in [0, 0.05) is 12.2 Å². The lowest BCUT2D eigenvalue weighted by Crippen LogP contribution is -2.63. The Hall–Kier alpha value is -0.510. The number of hydrogen-bond donors (Lipinski definition) is 1. The number of carbonyl (C=O) groups is 1. The van der Waals surface area contributed by atoms with Gasteiger partial charge in [0.15, 0.2) is 0 Å². The van der Waals surface area contributed by atoms with Crippen LogP contribution in [0, 0.1) is 5.92 Å². The molecule has 16 heavy (non-hydrogen) atoms. The Kier molecular flexibility index (Phi) is 2.50. The SMILES string of the molecule is CC1=NC2CCCC(=O)C2C2(CCSC2)N1. The molecule has 0 amide bonds. The Bertz CT molecular complexity index is 347. The fraction of sp³-hybridized carbons (Fsp3) is 0.833. The van der Waals surface area contributed by atoms with Crippen LogP contribution in [-0.4, -0.2) is 34.7 Å². The maximum Gasteiger partial charge on any atom is 0.140 e. The minimum Gasteiger partial charge on any atom is -0.367 e. The second-order valence-corrected chi connectivity index (χ2v) is 6.31. The van der Waals surface area contributed by atoms with E-state index in [1.54, 1.807) is 0 Å². The molecule has 3 rings (SSSR count). The van der Waals surface area contributed by atoms with Crippen molar-refractivity contribution in [3.8, 4) is 0 Å². The van der Waals surface area contributed by atoms with Crippen LogP contribution in [0.4, 0.5) is 0 Å². The van der Waals surface area contributed by atoms with E-state index in [0.29, 0.717) is 5.78 Å². The minimum atomic E-state index is 0.0403. The second kappa shape index (κ2) is 3.76. The molecule has 2 fully saturated rings. The van der Waals surface area contributed by atoms with Gasteiger partial charge in [-0.3, -0.25) is 9.79 Å². The van der Waals surface area contributed by atoms with Crippen LogP contribution in [-0.2, 0) is 4.79 Å².